The van der Waals surface area contributed by atoms with E-state index in [9.17, 15) is 15.3 Å². The highest BCUT2D eigenvalue weighted by Crippen LogP contribution is 2.41. The standard InChI is InChI=1S/C25H42O3/c1-17(9-8-14-25(4,5)28)23-13-7-11-20(18(23)2)10-6-12-21-15-22(26)16-24(27)19(21)3/h6,10,12,17-18,20,22-24,26-28H,3,7-9,11,13-16H2,1-2,4-5H3/b10-6+,21-12-/t17-,18-,20+,22+,23+,24-/m0/s1. The molecular weight excluding hydrogens is 348 g/mol. The molecule has 0 heterocycles. The number of aliphatic hydroxyl groups is 3. The van der Waals surface area contributed by atoms with Gasteiger partial charge in [-0.15, -0.1) is 0 Å². The van der Waals surface area contributed by atoms with E-state index in [1.165, 1.54) is 25.7 Å². The van der Waals surface area contributed by atoms with Crippen molar-refractivity contribution in [3.05, 3.63) is 36.0 Å². The molecule has 2 aliphatic carbocycles. The van der Waals surface area contributed by atoms with Crippen LogP contribution in [0.4, 0.5) is 0 Å². The van der Waals surface area contributed by atoms with Gasteiger partial charge in [-0.25, -0.2) is 0 Å². The molecule has 3 N–H and O–H groups in total. The van der Waals surface area contributed by atoms with Crippen molar-refractivity contribution < 1.29 is 15.3 Å². The van der Waals surface area contributed by atoms with E-state index in [0.717, 1.165) is 29.9 Å². The fraction of sp³-hybridized carbons (Fsp3) is 0.760. The monoisotopic (exact) mass is 390 g/mol. The molecule has 2 aliphatic rings. The van der Waals surface area contributed by atoms with Gasteiger partial charge in [0.1, 0.15) is 0 Å². The van der Waals surface area contributed by atoms with Crippen LogP contribution in [0.1, 0.15) is 79.1 Å². The lowest BCUT2D eigenvalue weighted by Crippen LogP contribution is -2.30. The SMILES string of the molecule is C=C1/C(=C\C=C\[C@@H]2CCC[C@H]([C@@H](C)CCCC(C)(C)O)[C@H]2C)C[C@@H](O)C[C@@H]1O. The summed E-state index contributed by atoms with van der Waals surface area (Å²) < 4.78 is 0. The van der Waals surface area contributed by atoms with E-state index in [-0.39, 0.29) is 0 Å². The molecule has 0 aliphatic heterocycles. The van der Waals surface area contributed by atoms with Gasteiger partial charge in [-0.1, -0.05) is 57.9 Å². The minimum absolute atomic E-state index is 0.395. The number of rotatable bonds is 7. The van der Waals surface area contributed by atoms with Gasteiger partial charge in [-0.05, 0) is 74.3 Å². The second-order valence-corrected chi connectivity index (χ2v) is 10.0. The lowest BCUT2D eigenvalue weighted by molar-refractivity contribution is 0.0631. The molecule has 6 atom stereocenters. The normalized spacial score (nSPS) is 34.9. The van der Waals surface area contributed by atoms with Gasteiger partial charge in [0.2, 0.25) is 0 Å². The number of allylic oxidation sites excluding steroid dienone is 3. The maximum Gasteiger partial charge on any atom is 0.0811 e. The summed E-state index contributed by atoms with van der Waals surface area (Å²) in [5, 5.41) is 29.8. The highest BCUT2D eigenvalue weighted by molar-refractivity contribution is 5.37. The Morgan fingerprint density at radius 3 is 2.64 bits per heavy atom. The largest absolute Gasteiger partial charge is 0.393 e. The summed E-state index contributed by atoms with van der Waals surface area (Å²) in [6.07, 6.45) is 13.4. The zero-order valence-corrected chi connectivity index (χ0v) is 18.4. The second-order valence-electron chi connectivity index (χ2n) is 10.0. The summed E-state index contributed by atoms with van der Waals surface area (Å²) in [4.78, 5) is 0. The van der Waals surface area contributed by atoms with Gasteiger partial charge in [0.25, 0.3) is 0 Å². The van der Waals surface area contributed by atoms with E-state index in [1.54, 1.807) is 0 Å². The molecule has 0 aromatic carbocycles. The van der Waals surface area contributed by atoms with Crippen molar-refractivity contribution in [2.24, 2.45) is 23.7 Å². The molecule has 0 aromatic heterocycles. The highest BCUT2D eigenvalue weighted by Gasteiger charge is 2.32. The third-order valence-electron chi connectivity index (χ3n) is 7.03. The van der Waals surface area contributed by atoms with Gasteiger partial charge >= 0.3 is 0 Å². The van der Waals surface area contributed by atoms with E-state index in [4.69, 9.17) is 0 Å². The molecule has 3 nitrogen and oxygen atoms in total. The quantitative estimate of drug-likeness (QED) is 0.562. The van der Waals surface area contributed by atoms with Crippen LogP contribution in [0, 0.1) is 23.7 Å². The molecule has 160 valence electrons. The smallest absolute Gasteiger partial charge is 0.0811 e. The topological polar surface area (TPSA) is 60.7 Å². The van der Waals surface area contributed by atoms with Crippen molar-refractivity contribution in [1.82, 2.24) is 0 Å². The van der Waals surface area contributed by atoms with Crippen molar-refractivity contribution in [1.29, 1.82) is 0 Å². The van der Waals surface area contributed by atoms with Crippen LogP contribution in [0.2, 0.25) is 0 Å². The molecule has 0 aromatic rings. The molecule has 2 rings (SSSR count). The van der Waals surface area contributed by atoms with Crippen molar-refractivity contribution in [3.63, 3.8) is 0 Å². The molecule has 0 amide bonds. The Morgan fingerprint density at radius 2 is 1.96 bits per heavy atom. The Bertz CT molecular complexity index is 569. The zero-order valence-electron chi connectivity index (χ0n) is 18.4. The molecule has 0 unspecified atom stereocenters. The Labute approximate surface area is 172 Å². The summed E-state index contributed by atoms with van der Waals surface area (Å²) in [6.45, 7) is 12.6. The Morgan fingerprint density at radius 1 is 1.25 bits per heavy atom. The Balaban J connectivity index is 1.92. The van der Waals surface area contributed by atoms with Gasteiger partial charge in [0, 0.05) is 6.42 Å². The van der Waals surface area contributed by atoms with Crippen LogP contribution in [0.15, 0.2) is 36.0 Å². The first-order valence-corrected chi connectivity index (χ1v) is 11.2. The van der Waals surface area contributed by atoms with E-state index in [0.29, 0.717) is 30.6 Å². The van der Waals surface area contributed by atoms with Crippen molar-refractivity contribution in [2.75, 3.05) is 0 Å². The minimum atomic E-state index is -0.619. The summed E-state index contributed by atoms with van der Waals surface area (Å²) in [6, 6.07) is 0. The van der Waals surface area contributed by atoms with Crippen molar-refractivity contribution in [3.8, 4) is 0 Å². The lowest BCUT2D eigenvalue weighted by atomic mass is 9.67. The van der Waals surface area contributed by atoms with Crippen LogP contribution in [-0.2, 0) is 0 Å². The van der Waals surface area contributed by atoms with Crippen LogP contribution >= 0.6 is 0 Å². The van der Waals surface area contributed by atoms with E-state index in [2.05, 4.69) is 32.6 Å². The summed E-state index contributed by atoms with van der Waals surface area (Å²) in [7, 11) is 0. The molecule has 0 spiro atoms. The number of hydrogen-bond acceptors (Lipinski definition) is 3. The number of hydrogen-bond donors (Lipinski definition) is 3. The molecular formula is C25H42O3. The minimum Gasteiger partial charge on any atom is -0.393 e. The average molecular weight is 391 g/mol. The third-order valence-corrected chi connectivity index (χ3v) is 7.03. The van der Waals surface area contributed by atoms with Crippen molar-refractivity contribution >= 4 is 0 Å². The lowest BCUT2D eigenvalue weighted by Gasteiger charge is -2.38. The first kappa shape index (κ1) is 23.4. The maximum atomic E-state index is 9.99. The van der Waals surface area contributed by atoms with Crippen molar-refractivity contribution in [2.45, 2.75) is 96.9 Å². The predicted molar refractivity (Wildman–Crippen MR) is 117 cm³/mol. The maximum absolute atomic E-state index is 9.99. The zero-order chi connectivity index (χ0) is 20.9. The first-order valence-electron chi connectivity index (χ1n) is 11.2. The van der Waals surface area contributed by atoms with E-state index < -0.39 is 17.8 Å². The van der Waals surface area contributed by atoms with Crippen LogP contribution in [-0.4, -0.2) is 33.1 Å². The Kier molecular flexibility index (Phi) is 8.54. The highest BCUT2D eigenvalue weighted by atomic mass is 16.3. The molecule has 3 heteroatoms. The predicted octanol–water partition coefficient (Wildman–Crippen LogP) is 5.17. The molecule has 2 saturated carbocycles. The van der Waals surface area contributed by atoms with Gasteiger partial charge in [0.05, 0.1) is 17.8 Å². The molecule has 2 fully saturated rings. The molecule has 0 bridgehead atoms. The summed E-state index contributed by atoms with van der Waals surface area (Å²) >= 11 is 0. The van der Waals surface area contributed by atoms with Gasteiger partial charge in [0.15, 0.2) is 0 Å². The summed E-state index contributed by atoms with van der Waals surface area (Å²) in [5.74, 6) is 2.67. The first-order chi connectivity index (χ1) is 13.1. The van der Waals surface area contributed by atoms with Crippen LogP contribution < -0.4 is 0 Å². The fourth-order valence-corrected chi connectivity index (χ4v) is 5.15. The van der Waals surface area contributed by atoms with Gasteiger partial charge in [-0.2, -0.15) is 0 Å². The Hall–Kier alpha value is -0.900. The van der Waals surface area contributed by atoms with E-state index >= 15 is 0 Å². The fourth-order valence-electron chi connectivity index (χ4n) is 5.15. The van der Waals surface area contributed by atoms with E-state index in [1.807, 2.05) is 19.9 Å². The van der Waals surface area contributed by atoms with Crippen LogP contribution in [0.3, 0.4) is 0 Å². The third kappa shape index (κ3) is 6.86. The molecule has 28 heavy (non-hydrogen) atoms. The molecule has 0 saturated heterocycles. The van der Waals surface area contributed by atoms with Gasteiger partial charge in [-0.3, -0.25) is 0 Å². The van der Waals surface area contributed by atoms with Gasteiger partial charge < -0.3 is 15.3 Å². The summed E-state index contributed by atoms with van der Waals surface area (Å²) in [5.41, 5.74) is 1.17. The van der Waals surface area contributed by atoms with Crippen LogP contribution in [0.5, 0.6) is 0 Å². The average Bonchev–Trinajstić information content (AvgIpc) is 2.59. The number of aliphatic hydroxyl groups excluding tert-OH is 2. The van der Waals surface area contributed by atoms with Crippen LogP contribution in [0.25, 0.3) is 0 Å². The molecule has 0 radical (unpaired) electrons. The second kappa shape index (κ2) is 10.2.